The summed E-state index contributed by atoms with van der Waals surface area (Å²) in [5.74, 6) is -0.135. The molecule has 2 aromatic carbocycles. The predicted octanol–water partition coefficient (Wildman–Crippen LogP) is 4.07. The van der Waals surface area contributed by atoms with Gasteiger partial charge in [0.2, 0.25) is 5.91 Å². The highest BCUT2D eigenvalue weighted by atomic mass is 35.5. The minimum Gasteiger partial charge on any atom is -0.326 e. The Labute approximate surface area is 116 Å². The molecule has 0 spiro atoms. The van der Waals surface area contributed by atoms with Gasteiger partial charge in [0.25, 0.3) is 0 Å². The molecule has 0 bridgehead atoms. The molecule has 0 atom stereocenters. The first kappa shape index (κ1) is 13.1. The number of hydrogen-bond donors (Lipinski definition) is 1. The first-order chi connectivity index (χ1) is 9.19. The highest BCUT2D eigenvalue weighted by Crippen LogP contribution is 2.18. The van der Waals surface area contributed by atoms with Crippen LogP contribution < -0.4 is 5.32 Å². The van der Waals surface area contributed by atoms with Crippen molar-refractivity contribution in [3.63, 3.8) is 0 Å². The van der Waals surface area contributed by atoms with Crippen molar-refractivity contribution < 1.29 is 4.79 Å². The first-order valence-corrected chi connectivity index (χ1v) is 6.07. The van der Waals surface area contributed by atoms with Gasteiger partial charge in [-0.25, -0.2) is 4.85 Å². The topological polar surface area (TPSA) is 33.5 Å². The van der Waals surface area contributed by atoms with Gasteiger partial charge in [-0.3, -0.25) is 4.79 Å². The Hall–Kier alpha value is -2.31. The molecule has 0 unspecified atom stereocenters. The van der Waals surface area contributed by atoms with Crippen LogP contribution in [0.1, 0.15) is 5.56 Å². The summed E-state index contributed by atoms with van der Waals surface area (Å²) in [6.07, 6.45) is 0.226. The second kappa shape index (κ2) is 6.03. The molecule has 94 valence electrons. The van der Waals surface area contributed by atoms with E-state index in [2.05, 4.69) is 10.2 Å². The second-order valence-corrected chi connectivity index (χ2v) is 4.38. The molecule has 0 saturated carbocycles. The van der Waals surface area contributed by atoms with E-state index in [1.165, 1.54) is 0 Å². The molecule has 4 heteroatoms. The van der Waals surface area contributed by atoms with Gasteiger partial charge in [-0.05, 0) is 23.8 Å². The van der Waals surface area contributed by atoms with Crippen molar-refractivity contribution in [2.24, 2.45) is 0 Å². The van der Waals surface area contributed by atoms with E-state index in [0.29, 0.717) is 16.4 Å². The molecule has 2 aromatic rings. The van der Waals surface area contributed by atoms with E-state index < -0.39 is 0 Å². The van der Waals surface area contributed by atoms with Gasteiger partial charge >= 0.3 is 0 Å². The van der Waals surface area contributed by atoms with Crippen molar-refractivity contribution in [2.45, 2.75) is 6.42 Å². The summed E-state index contributed by atoms with van der Waals surface area (Å²) in [5, 5.41) is 3.35. The standard InChI is InChI=1S/C15H11ClN2O/c1-17-12-6-8-13(9-7-12)18-15(19)10-11-4-2-3-5-14(11)16/h2-9H,10H2,(H,18,19). The third-order valence-electron chi connectivity index (χ3n) is 2.59. The third kappa shape index (κ3) is 3.57. The average molecular weight is 271 g/mol. The first-order valence-electron chi connectivity index (χ1n) is 5.70. The number of carbonyl (C=O) groups excluding carboxylic acids is 1. The van der Waals surface area contributed by atoms with Crippen molar-refractivity contribution in [1.82, 2.24) is 0 Å². The number of hydrogen-bond acceptors (Lipinski definition) is 1. The van der Waals surface area contributed by atoms with E-state index in [-0.39, 0.29) is 12.3 Å². The largest absolute Gasteiger partial charge is 0.326 e. The molecule has 0 saturated heterocycles. The molecular weight excluding hydrogens is 260 g/mol. The zero-order valence-electron chi connectivity index (χ0n) is 10.1. The minimum atomic E-state index is -0.135. The fourth-order valence-electron chi connectivity index (χ4n) is 1.64. The maximum Gasteiger partial charge on any atom is 0.228 e. The molecule has 0 radical (unpaired) electrons. The zero-order valence-corrected chi connectivity index (χ0v) is 10.8. The number of nitrogens with zero attached hydrogens (tertiary/aromatic N) is 1. The Balaban J connectivity index is 2.01. The summed E-state index contributed by atoms with van der Waals surface area (Å²) >= 11 is 6.00. The summed E-state index contributed by atoms with van der Waals surface area (Å²) in [6, 6.07) is 14.0. The van der Waals surface area contributed by atoms with Gasteiger partial charge in [-0.2, -0.15) is 0 Å². The van der Waals surface area contributed by atoms with Gasteiger partial charge in [0.15, 0.2) is 5.69 Å². The van der Waals surface area contributed by atoms with E-state index in [9.17, 15) is 4.79 Å². The number of amides is 1. The zero-order chi connectivity index (χ0) is 13.7. The summed E-state index contributed by atoms with van der Waals surface area (Å²) < 4.78 is 0. The molecule has 2 rings (SSSR count). The summed E-state index contributed by atoms with van der Waals surface area (Å²) in [6.45, 7) is 6.85. The van der Waals surface area contributed by atoms with E-state index in [0.717, 1.165) is 5.56 Å². The molecule has 0 heterocycles. The van der Waals surface area contributed by atoms with E-state index >= 15 is 0 Å². The molecule has 3 nitrogen and oxygen atoms in total. The monoisotopic (exact) mass is 270 g/mol. The molecule has 1 N–H and O–H groups in total. The van der Waals surface area contributed by atoms with Gasteiger partial charge in [0.05, 0.1) is 13.0 Å². The van der Waals surface area contributed by atoms with Crippen molar-refractivity contribution in [2.75, 3.05) is 5.32 Å². The third-order valence-corrected chi connectivity index (χ3v) is 2.96. The van der Waals surface area contributed by atoms with Crippen LogP contribution in [0.3, 0.4) is 0 Å². The second-order valence-electron chi connectivity index (χ2n) is 3.98. The highest BCUT2D eigenvalue weighted by molar-refractivity contribution is 6.31. The van der Waals surface area contributed by atoms with Crippen molar-refractivity contribution in [1.29, 1.82) is 0 Å². The lowest BCUT2D eigenvalue weighted by Gasteiger charge is -2.06. The van der Waals surface area contributed by atoms with Gasteiger partial charge in [-0.1, -0.05) is 41.9 Å². The van der Waals surface area contributed by atoms with Gasteiger partial charge in [0, 0.05) is 10.7 Å². The van der Waals surface area contributed by atoms with Crippen LogP contribution in [0.5, 0.6) is 0 Å². The van der Waals surface area contributed by atoms with Gasteiger partial charge in [-0.15, -0.1) is 0 Å². The molecule has 0 aliphatic carbocycles. The molecule has 0 aromatic heterocycles. The van der Waals surface area contributed by atoms with E-state index in [1.807, 2.05) is 18.2 Å². The van der Waals surface area contributed by atoms with Crippen molar-refractivity contribution >= 4 is 28.9 Å². The summed E-state index contributed by atoms with van der Waals surface area (Å²) in [4.78, 5) is 15.1. The predicted molar refractivity (Wildman–Crippen MR) is 76.5 cm³/mol. The highest BCUT2D eigenvalue weighted by Gasteiger charge is 2.06. The Bertz CT molecular complexity index is 629. The maximum atomic E-state index is 11.9. The molecular formula is C15H11ClN2O. The lowest BCUT2D eigenvalue weighted by molar-refractivity contribution is -0.115. The molecule has 0 aliphatic rings. The van der Waals surface area contributed by atoms with Gasteiger partial charge in [0.1, 0.15) is 0 Å². The normalized spacial score (nSPS) is 9.68. The Kier molecular flexibility index (Phi) is 4.17. The van der Waals surface area contributed by atoms with Crippen LogP contribution in [0.2, 0.25) is 5.02 Å². The molecule has 0 aliphatic heterocycles. The smallest absolute Gasteiger partial charge is 0.228 e. The average Bonchev–Trinajstić information content (AvgIpc) is 2.42. The summed E-state index contributed by atoms with van der Waals surface area (Å²) in [7, 11) is 0. The van der Waals surface area contributed by atoms with Crippen LogP contribution in [0.25, 0.3) is 4.85 Å². The van der Waals surface area contributed by atoms with Crippen LogP contribution in [0.15, 0.2) is 48.5 Å². The van der Waals surface area contributed by atoms with Crippen LogP contribution >= 0.6 is 11.6 Å². The Morgan fingerprint density at radius 1 is 1.16 bits per heavy atom. The van der Waals surface area contributed by atoms with E-state index in [1.54, 1.807) is 30.3 Å². The van der Waals surface area contributed by atoms with Crippen LogP contribution in [0.4, 0.5) is 11.4 Å². The minimum absolute atomic E-state index is 0.135. The maximum absolute atomic E-state index is 11.9. The fourth-order valence-corrected chi connectivity index (χ4v) is 1.84. The SMILES string of the molecule is [C-]#[N+]c1ccc(NC(=O)Cc2ccccc2Cl)cc1. The van der Waals surface area contributed by atoms with Crippen LogP contribution in [0, 0.1) is 6.57 Å². The van der Waals surface area contributed by atoms with Gasteiger partial charge < -0.3 is 5.32 Å². The molecule has 0 fully saturated rings. The van der Waals surface area contributed by atoms with Crippen molar-refractivity contribution in [3.05, 3.63) is 70.5 Å². The van der Waals surface area contributed by atoms with Crippen LogP contribution in [-0.2, 0) is 11.2 Å². The van der Waals surface area contributed by atoms with E-state index in [4.69, 9.17) is 18.2 Å². The lowest BCUT2D eigenvalue weighted by Crippen LogP contribution is -2.14. The molecule has 1 amide bonds. The quantitative estimate of drug-likeness (QED) is 0.838. The van der Waals surface area contributed by atoms with Crippen LogP contribution in [-0.4, -0.2) is 5.91 Å². The number of benzene rings is 2. The molecule has 19 heavy (non-hydrogen) atoms. The number of carbonyl (C=O) groups is 1. The van der Waals surface area contributed by atoms with Crippen molar-refractivity contribution in [3.8, 4) is 0 Å². The Morgan fingerprint density at radius 2 is 1.84 bits per heavy atom. The summed E-state index contributed by atoms with van der Waals surface area (Å²) in [5.41, 5.74) is 2.01. The number of nitrogens with one attached hydrogen (secondary N) is 1. The Morgan fingerprint density at radius 3 is 2.47 bits per heavy atom. The number of halogens is 1. The number of rotatable bonds is 3. The lowest BCUT2D eigenvalue weighted by atomic mass is 10.1. The number of anilines is 1. The fraction of sp³-hybridized carbons (Fsp3) is 0.0667.